The second-order valence-electron chi connectivity index (χ2n) is 2.98. The maximum Gasteiger partial charge on any atom is 0.231 e. The van der Waals surface area contributed by atoms with Gasteiger partial charge in [0.05, 0.1) is 5.52 Å². The molecule has 0 radical (unpaired) electrons. The SMILES string of the molecule is Nc1ncnc2cc3c(cc12)OCO3. The zero-order valence-electron chi connectivity index (χ0n) is 7.23. The van der Waals surface area contributed by atoms with Gasteiger partial charge in [-0.05, 0) is 6.07 Å². The van der Waals surface area contributed by atoms with E-state index in [1.807, 2.05) is 0 Å². The molecule has 0 amide bonds. The molecule has 3 rings (SSSR count). The fourth-order valence-electron chi connectivity index (χ4n) is 1.47. The van der Waals surface area contributed by atoms with E-state index in [1.165, 1.54) is 6.33 Å². The lowest BCUT2D eigenvalue weighted by Gasteiger charge is -2.01. The van der Waals surface area contributed by atoms with Crippen LogP contribution in [0.15, 0.2) is 18.5 Å². The highest BCUT2D eigenvalue weighted by atomic mass is 16.7. The van der Waals surface area contributed by atoms with Crippen molar-refractivity contribution in [2.24, 2.45) is 0 Å². The topological polar surface area (TPSA) is 70.3 Å². The standard InChI is InChI=1S/C9H7N3O2/c10-9-5-1-7-8(14-4-13-7)2-6(5)11-3-12-9/h1-3H,4H2,(H2,10,11,12). The Morgan fingerprint density at radius 3 is 2.79 bits per heavy atom. The summed E-state index contributed by atoms with van der Waals surface area (Å²) in [6.07, 6.45) is 1.43. The summed E-state index contributed by atoms with van der Waals surface area (Å²) in [7, 11) is 0. The Hall–Kier alpha value is -2.04. The zero-order valence-corrected chi connectivity index (χ0v) is 7.23. The van der Waals surface area contributed by atoms with Crippen LogP contribution in [0.5, 0.6) is 11.5 Å². The van der Waals surface area contributed by atoms with Gasteiger partial charge < -0.3 is 15.2 Å². The molecule has 5 nitrogen and oxygen atoms in total. The molecule has 2 heterocycles. The summed E-state index contributed by atoms with van der Waals surface area (Å²) >= 11 is 0. The number of benzene rings is 1. The van der Waals surface area contributed by atoms with Gasteiger partial charge in [-0.1, -0.05) is 0 Å². The van der Waals surface area contributed by atoms with Gasteiger partial charge in [-0.3, -0.25) is 0 Å². The molecule has 1 aliphatic heterocycles. The first kappa shape index (κ1) is 7.37. The summed E-state index contributed by atoms with van der Waals surface area (Å²) in [6.45, 7) is 0.249. The molecule has 5 heteroatoms. The van der Waals surface area contributed by atoms with Gasteiger partial charge in [0.1, 0.15) is 12.1 Å². The molecular formula is C9H7N3O2. The first-order valence-electron chi connectivity index (χ1n) is 4.14. The molecule has 1 aromatic carbocycles. The average molecular weight is 189 g/mol. The minimum absolute atomic E-state index is 0.249. The predicted molar refractivity (Wildman–Crippen MR) is 50.1 cm³/mol. The molecule has 0 spiro atoms. The van der Waals surface area contributed by atoms with Crippen LogP contribution in [0.2, 0.25) is 0 Å². The Balaban J connectivity index is 2.39. The quantitative estimate of drug-likeness (QED) is 0.667. The maximum absolute atomic E-state index is 5.70. The molecule has 14 heavy (non-hydrogen) atoms. The summed E-state index contributed by atoms with van der Waals surface area (Å²) < 4.78 is 10.5. The van der Waals surface area contributed by atoms with Crippen LogP contribution in [-0.2, 0) is 0 Å². The molecule has 0 aliphatic carbocycles. The van der Waals surface area contributed by atoms with Crippen molar-refractivity contribution in [1.29, 1.82) is 0 Å². The second-order valence-corrected chi connectivity index (χ2v) is 2.98. The minimum atomic E-state index is 0.249. The molecule has 0 saturated heterocycles. The van der Waals surface area contributed by atoms with Gasteiger partial charge in [-0.15, -0.1) is 0 Å². The van der Waals surface area contributed by atoms with E-state index in [9.17, 15) is 0 Å². The average Bonchev–Trinajstić information content (AvgIpc) is 2.62. The van der Waals surface area contributed by atoms with E-state index in [1.54, 1.807) is 12.1 Å². The molecular weight excluding hydrogens is 182 g/mol. The summed E-state index contributed by atoms with van der Waals surface area (Å²) in [5, 5.41) is 0.789. The Morgan fingerprint density at radius 1 is 1.14 bits per heavy atom. The third-order valence-corrected chi connectivity index (χ3v) is 2.16. The van der Waals surface area contributed by atoms with Crippen LogP contribution in [0.1, 0.15) is 0 Å². The first-order chi connectivity index (χ1) is 6.84. The van der Waals surface area contributed by atoms with Crippen molar-refractivity contribution in [3.63, 3.8) is 0 Å². The number of hydrogen-bond acceptors (Lipinski definition) is 5. The van der Waals surface area contributed by atoms with Crippen LogP contribution < -0.4 is 15.2 Å². The first-order valence-corrected chi connectivity index (χ1v) is 4.14. The van der Waals surface area contributed by atoms with Gasteiger partial charge in [0.15, 0.2) is 11.5 Å². The van der Waals surface area contributed by atoms with Gasteiger partial charge in [0, 0.05) is 11.5 Å². The molecule has 0 bridgehead atoms. The number of aromatic nitrogens is 2. The Morgan fingerprint density at radius 2 is 1.93 bits per heavy atom. The molecule has 0 saturated carbocycles. The number of ether oxygens (including phenoxy) is 2. The van der Waals surface area contributed by atoms with E-state index in [0.717, 1.165) is 10.9 Å². The fourth-order valence-corrected chi connectivity index (χ4v) is 1.47. The second kappa shape index (κ2) is 2.47. The van der Waals surface area contributed by atoms with E-state index in [2.05, 4.69) is 9.97 Å². The van der Waals surface area contributed by atoms with Gasteiger partial charge in [0.25, 0.3) is 0 Å². The Labute approximate surface area is 79.5 Å². The molecule has 70 valence electrons. The summed E-state index contributed by atoms with van der Waals surface area (Å²) in [5.41, 5.74) is 6.47. The molecule has 2 N–H and O–H groups in total. The Bertz CT molecular complexity index is 513. The summed E-state index contributed by atoms with van der Waals surface area (Å²) in [5.74, 6) is 1.85. The number of nitrogen functional groups attached to an aromatic ring is 1. The van der Waals surface area contributed by atoms with Crippen molar-refractivity contribution in [2.75, 3.05) is 12.5 Å². The van der Waals surface area contributed by atoms with Crippen molar-refractivity contribution < 1.29 is 9.47 Å². The van der Waals surface area contributed by atoms with Crippen LogP contribution in [0.25, 0.3) is 10.9 Å². The van der Waals surface area contributed by atoms with E-state index in [4.69, 9.17) is 15.2 Å². The van der Waals surface area contributed by atoms with E-state index in [-0.39, 0.29) is 6.79 Å². The van der Waals surface area contributed by atoms with Gasteiger partial charge in [-0.2, -0.15) is 0 Å². The number of anilines is 1. The third-order valence-electron chi connectivity index (χ3n) is 2.16. The van der Waals surface area contributed by atoms with Crippen molar-refractivity contribution >= 4 is 16.7 Å². The predicted octanol–water partition coefficient (Wildman–Crippen LogP) is 0.941. The molecule has 2 aromatic rings. The normalized spacial score (nSPS) is 13.4. The number of nitrogens with two attached hydrogens (primary N) is 1. The van der Waals surface area contributed by atoms with Gasteiger partial charge >= 0.3 is 0 Å². The number of hydrogen-bond donors (Lipinski definition) is 1. The molecule has 0 fully saturated rings. The molecule has 1 aliphatic rings. The van der Waals surface area contributed by atoms with E-state index in [0.29, 0.717) is 17.3 Å². The van der Waals surface area contributed by atoms with Crippen LogP contribution in [0.3, 0.4) is 0 Å². The maximum atomic E-state index is 5.70. The number of fused-ring (bicyclic) bond motifs is 2. The molecule has 0 atom stereocenters. The highest BCUT2D eigenvalue weighted by Gasteiger charge is 2.15. The van der Waals surface area contributed by atoms with Gasteiger partial charge in [0.2, 0.25) is 6.79 Å². The van der Waals surface area contributed by atoms with Crippen LogP contribution in [-0.4, -0.2) is 16.8 Å². The van der Waals surface area contributed by atoms with Crippen molar-refractivity contribution in [3.8, 4) is 11.5 Å². The fraction of sp³-hybridized carbons (Fsp3) is 0.111. The number of rotatable bonds is 0. The largest absolute Gasteiger partial charge is 0.454 e. The highest BCUT2D eigenvalue weighted by molar-refractivity contribution is 5.90. The highest BCUT2D eigenvalue weighted by Crippen LogP contribution is 2.36. The summed E-state index contributed by atoms with van der Waals surface area (Å²) in [6, 6.07) is 3.60. The van der Waals surface area contributed by atoms with Crippen LogP contribution in [0.4, 0.5) is 5.82 Å². The van der Waals surface area contributed by atoms with Crippen LogP contribution in [0, 0.1) is 0 Å². The lowest BCUT2D eigenvalue weighted by molar-refractivity contribution is 0.174. The zero-order chi connectivity index (χ0) is 9.54. The van der Waals surface area contributed by atoms with E-state index >= 15 is 0 Å². The lowest BCUT2D eigenvalue weighted by Crippen LogP contribution is -1.93. The molecule has 0 unspecified atom stereocenters. The summed E-state index contributed by atoms with van der Waals surface area (Å²) in [4.78, 5) is 8.00. The molecule has 1 aromatic heterocycles. The van der Waals surface area contributed by atoms with Crippen LogP contribution >= 0.6 is 0 Å². The smallest absolute Gasteiger partial charge is 0.231 e. The Kier molecular flexibility index (Phi) is 1.30. The minimum Gasteiger partial charge on any atom is -0.454 e. The lowest BCUT2D eigenvalue weighted by atomic mass is 10.2. The van der Waals surface area contributed by atoms with E-state index < -0.39 is 0 Å². The monoisotopic (exact) mass is 189 g/mol. The van der Waals surface area contributed by atoms with Gasteiger partial charge in [-0.25, -0.2) is 9.97 Å². The van der Waals surface area contributed by atoms with Crippen molar-refractivity contribution in [2.45, 2.75) is 0 Å². The van der Waals surface area contributed by atoms with Crippen molar-refractivity contribution in [3.05, 3.63) is 18.5 Å². The number of nitrogens with zero attached hydrogens (tertiary/aromatic N) is 2. The van der Waals surface area contributed by atoms with Crippen molar-refractivity contribution in [1.82, 2.24) is 9.97 Å². The third kappa shape index (κ3) is 0.891.